The van der Waals surface area contributed by atoms with Gasteiger partial charge >= 0.3 is 0 Å². The van der Waals surface area contributed by atoms with Crippen LogP contribution in [0.25, 0.3) is 0 Å². The Morgan fingerprint density at radius 3 is 2.90 bits per heavy atom. The quantitative estimate of drug-likeness (QED) is 0.686. The van der Waals surface area contributed by atoms with E-state index < -0.39 is 0 Å². The van der Waals surface area contributed by atoms with Gasteiger partial charge in [0, 0.05) is 13.5 Å². The van der Waals surface area contributed by atoms with Crippen molar-refractivity contribution in [2.75, 3.05) is 6.54 Å². The van der Waals surface area contributed by atoms with Crippen LogP contribution in [0.1, 0.15) is 5.69 Å². The predicted octanol–water partition coefficient (Wildman–Crippen LogP) is 0.575. The molecule has 0 unspecified atom stereocenters. The second kappa shape index (κ2) is 3.03. The number of nitrogens with two attached hydrogens (primary N) is 1. The van der Waals surface area contributed by atoms with Crippen LogP contribution in [0.2, 0.25) is 5.15 Å². The highest BCUT2D eigenvalue weighted by Gasteiger charge is 2.03. The Bertz CT molecular complexity index is 199. The summed E-state index contributed by atoms with van der Waals surface area (Å²) >= 11 is 5.74. The normalized spacial score (nSPS) is 10.3. The summed E-state index contributed by atoms with van der Waals surface area (Å²) in [6.07, 6.45) is 2.47. The van der Waals surface area contributed by atoms with Crippen LogP contribution in [0, 0.1) is 0 Å². The van der Waals surface area contributed by atoms with Gasteiger partial charge in [-0.05, 0) is 6.54 Å². The molecule has 0 bridgehead atoms. The fourth-order valence-electron chi connectivity index (χ4n) is 0.843. The Balaban J connectivity index is 2.87. The average molecular weight is 160 g/mol. The summed E-state index contributed by atoms with van der Waals surface area (Å²) in [6, 6.07) is 0. The highest BCUT2D eigenvalue weighted by atomic mass is 35.5. The molecule has 2 N–H and O–H groups in total. The molecule has 0 atom stereocenters. The monoisotopic (exact) mass is 159 g/mol. The van der Waals surface area contributed by atoms with Crippen LogP contribution in [0.4, 0.5) is 0 Å². The van der Waals surface area contributed by atoms with Crippen LogP contribution in [-0.4, -0.2) is 16.1 Å². The molecule has 1 heterocycles. The third-order valence-electron chi connectivity index (χ3n) is 1.39. The number of nitrogens with zero attached hydrogens (tertiary/aromatic N) is 2. The van der Waals surface area contributed by atoms with Crippen molar-refractivity contribution in [1.29, 1.82) is 0 Å². The van der Waals surface area contributed by atoms with Gasteiger partial charge in [-0.3, -0.25) is 0 Å². The third-order valence-corrected chi connectivity index (χ3v) is 1.71. The standard InChI is InChI=1S/C6H10ClN3/c1-10-4-9-6(7)5(10)2-3-8/h4H,2-3,8H2,1H3. The molecule has 0 aliphatic carbocycles. The summed E-state index contributed by atoms with van der Waals surface area (Å²) in [4.78, 5) is 3.91. The highest BCUT2D eigenvalue weighted by Crippen LogP contribution is 2.11. The Kier molecular flexibility index (Phi) is 2.29. The lowest BCUT2D eigenvalue weighted by atomic mass is 10.3. The number of halogens is 1. The maximum Gasteiger partial charge on any atom is 0.150 e. The van der Waals surface area contributed by atoms with Gasteiger partial charge in [0.25, 0.3) is 0 Å². The van der Waals surface area contributed by atoms with E-state index in [0.29, 0.717) is 11.7 Å². The Hall–Kier alpha value is -0.540. The van der Waals surface area contributed by atoms with Crippen LogP contribution in [0.5, 0.6) is 0 Å². The molecule has 0 aliphatic heterocycles. The Labute approximate surface area is 64.8 Å². The lowest BCUT2D eigenvalue weighted by Gasteiger charge is -1.98. The number of hydrogen-bond donors (Lipinski definition) is 1. The summed E-state index contributed by atoms with van der Waals surface area (Å²) in [6.45, 7) is 0.610. The largest absolute Gasteiger partial charge is 0.336 e. The minimum atomic E-state index is 0.563. The molecule has 1 aromatic heterocycles. The molecule has 0 aromatic carbocycles. The van der Waals surface area contributed by atoms with Crippen molar-refractivity contribution < 1.29 is 0 Å². The van der Waals surface area contributed by atoms with Crippen LogP contribution in [0.3, 0.4) is 0 Å². The van der Waals surface area contributed by atoms with Gasteiger partial charge in [0.05, 0.1) is 12.0 Å². The molecule has 56 valence electrons. The van der Waals surface area contributed by atoms with Gasteiger partial charge in [0.1, 0.15) is 5.15 Å². The van der Waals surface area contributed by atoms with Gasteiger partial charge in [0.2, 0.25) is 0 Å². The number of aromatic nitrogens is 2. The summed E-state index contributed by atoms with van der Waals surface area (Å²) in [5.74, 6) is 0. The summed E-state index contributed by atoms with van der Waals surface area (Å²) in [7, 11) is 1.91. The minimum absolute atomic E-state index is 0.563. The van der Waals surface area contributed by atoms with E-state index >= 15 is 0 Å². The molecule has 3 nitrogen and oxygen atoms in total. The number of imidazole rings is 1. The molecule has 0 saturated carbocycles. The smallest absolute Gasteiger partial charge is 0.150 e. The van der Waals surface area contributed by atoms with E-state index in [9.17, 15) is 0 Å². The minimum Gasteiger partial charge on any atom is -0.336 e. The van der Waals surface area contributed by atoms with Crippen molar-refractivity contribution in [3.8, 4) is 0 Å². The molecule has 1 aromatic rings. The van der Waals surface area contributed by atoms with Crippen LogP contribution in [-0.2, 0) is 13.5 Å². The van der Waals surface area contributed by atoms with Crippen molar-refractivity contribution in [2.45, 2.75) is 6.42 Å². The van der Waals surface area contributed by atoms with Crippen molar-refractivity contribution in [3.05, 3.63) is 17.2 Å². The highest BCUT2D eigenvalue weighted by molar-refractivity contribution is 6.30. The fourth-order valence-corrected chi connectivity index (χ4v) is 1.11. The maximum atomic E-state index is 5.74. The third kappa shape index (κ3) is 1.30. The van der Waals surface area contributed by atoms with E-state index in [0.717, 1.165) is 12.1 Å². The van der Waals surface area contributed by atoms with Crippen LogP contribution >= 0.6 is 11.6 Å². The number of aryl methyl sites for hydroxylation is 1. The van der Waals surface area contributed by atoms with Crippen molar-refractivity contribution >= 4 is 11.6 Å². The van der Waals surface area contributed by atoms with Gasteiger partial charge in [-0.15, -0.1) is 0 Å². The second-order valence-electron chi connectivity index (χ2n) is 2.13. The van der Waals surface area contributed by atoms with E-state index in [2.05, 4.69) is 4.98 Å². The van der Waals surface area contributed by atoms with Crippen molar-refractivity contribution in [1.82, 2.24) is 9.55 Å². The van der Waals surface area contributed by atoms with E-state index in [1.54, 1.807) is 6.33 Å². The molecule has 0 radical (unpaired) electrons. The molecule has 1 rings (SSSR count). The van der Waals surface area contributed by atoms with Gasteiger partial charge in [-0.2, -0.15) is 0 Å². The molecule has 0 aliphatic rings. The first-order valence-electron chi connectivity index (χ1n) is 3.11. The first kappa shape index (κ1) is 7.57. The Morgan fingerprint density at radius 2 is 2.50 bits per heavy atom. The second-order valence-corrected chi connectivity index (χ2v) is 2.49. The molecule has 0 amide bonds. The molecule has 0 fully saturated rings. The lowest BCUT2D eigenvalue weighted by molar-refractivity contribution is 0.804. The zero-order chi connectivity index (χ0) is 7.56. The van der Waals surface area contributed by atoms with E-state index in [4.69, 9.17) is 17.3 Å². The Morgan fingerprint density at radius 1 is 1.80 bits per heavy atom. The first-order chi connectivity index (χ1) is 4.75. The van der Waals surface area contributed by atoms with Gasteiger partial charge < -0.3 is 10.3 Å². The zero-order valence-corrected chi connectivity index (χ0v) is 6.60. The lowest BCUT2D eigenvalue weighted by Crippen LogP contribution is -2.06. The molecular formula is C6H10ClN3. The average Bonchev–Trinajstić information content (AvgIpc) is 2.20. The van der Waals surface area contributed by atoms with Crippen LogP contribution < -0.4 is 5.73 Å². The molecule has 10 heavy (non-hydrogen) atoms. The first-order valence-corrected chi connectivity index (χ1v) is 3.49. The molecule has 4 heteroatoms. The van der Waals surface area contributed by atoms with E-state index in [1.165, 1.54) is 0 Å². The van der Waals surface area contributed by atoms with Crippen molar-refractivity contribution in [2.24, 2.45) is 12.8 Å². The molecular weight excluding hydrogens is 150 g/mol. The van der Waals surface area contributed by atoms with Gasteiger partial charge in [-0.1, -0.05) is 11.6 Å². The molecule has 0 saturated heterocycles. The van der Waals surface area contributed by atoms with Gasteiger partial charge in [0.15, 0.2) is 0 Å². The summed E-state index contributed by atoms with van der Waals surface area (Å²) < 4.78 is 1.88. The predicted molar refractivity (Wildman–Crippen MR) is 41.0 cm³/mol. The SMILES string of the molecule is Cn1cnc(Cl)c1CCN. The number of rotatable bonds is 2. The maximum absolute atomic E-state index is 5.74. The summed E-state index contributed by atoms with van der Waals surface area (Å²) in [5, 5.41) is 0.563. The summed E-state index contributed by atoms with van der Waals surface area (Å²) in [5.41, 5.74) is 6.36. The zero-order valence-electron chi connectivity index (χ0n) is 5.84. The van der Waals surface area contributed by atoms with Crippen LogP contribution in [0.15, 0.2) is 6.33 Å². The number of hydrogen-bond acceptors (Lipinski definition) is 2. The fraction of sp³-hybridized carbons (Fsp3) is 0.500. The van der Waals surface area contributed by atoms with Crippen molar-refractivity contribution in [3.63, 3.8) is 0 Å². The van der Waals surface area contributed by atoms with E-state index in [-0.39, 0.29) is 0 Å². The molecule has 0 spiro atoms. The van der Waals surface area contributed by atoms with Gasteiger partial charge in [-0.25, -0.2) is 4.98 Å². The van der Waals surface area contributed by atoms with E-state index in [1.807, 2.05) is 11.6 Å². The topological polar surface area (TPSA) is 43.8 Å².